The van der Waals surface area contributed by atoms with Crippen LogP contribution in [0.4, 0.5) is 0 Å². The van der Waals surface area contributed by atoms with Gasteiger partial charge in [0.2, 0.25) is 0 Å². The van der Waals surface area contributed by atoms with Crippen LogP contribution in [-0.4, -0.2) is 15.8 Å². The number of benzene rings is 1. The van der Waals surface area contributed by atoms with E-state index in [2.05, 4.69) is 51.5 Å². The van der Waals surface area contributed by atoms with E-state index in [1.165, 1.54) is 24.1 Å². The second-order valence-electron chi connectivity index (χ2n) is 5.29. The highest BCUT2D eigenvalue weighted by atomic mass is 15.3. The molecule has 0 spiro atoms. The molecular formula is C16H21N3. The lowest BCUT2D eigenvalue weighted by Gasteiger charge is -2.08. The van der Waals surface area contributed by atoms with E-state index < -0.39 is 0 Å². The van der Waals surface area contributed by atoms with E-state index in [9.17, 15) is 0 Å². The van der Waals surface area contributed by atoms with Gasteiger partial charge in [0.15, 0.2) is 0 Å². The fourth-order valence-corrected chi connectivity index (χ4v) is 2.33. The molecule has 19 heavy (non-hydrogen) atoms. The van der Waals surface area contributed by atoms with Crippen molar-refractivity contribution in [3.05, 3.63) is 53.9 Å². The smallest absolute Gasteiger partial charge is 0.0522 e. The maximum absolute atomic E-state index is 4.42. The van der Waals surface area contributed by atoms with Gasteiger partial charge in [0.1, 0.15) is 0 Å². The largest absolute Gasteiger partial charge is 0.308 e. The van der Waals surface area contributed by atoms with Crippen LogP contribution < -0.4 is 5.32 Å². The van der Waals surface area contributed by atoms with Gasteiger partial charge in [-0.25, -0.2) is 0 Å². The normalized spacial score (nSPS) is 14.7. The SMILES string of the molecule is c1ccc(CCCn2nccc2CNC2CC2)cc1. The lowest BCUT2D eigenvalue weighted by Crippen LogP contribution is -2.18. The van der Waals surface area contributed by atoms with Gasteiger partial charge in [0.05, 0.1) is 5.69 Å². The summed E-state index contributed by atoms with van der Waals surface area (Å²) in [5.41, 5.74) is 2.72. The van der Waals surface area contributed by atoms with Crippen LogP contribution in [0.1, 0.15) is 30.5 Å². The van der Waals surface area contributed by atoms with Gasteiger partial charge < -0.3 is 5.32 Å². The van der Waals surface area contributed by atoms with Crippen LogP contribution in [0, 0.1) is 0 Å². The number of hydrogen-bond donors (Lipinski definition) is 1. The molecule has 0 amide bonds. The maximum atomic E-state index is 4.42. The van der Waals surface area contributed by atoms with E-state index in [0.29, 0.717) is 0 Å². The second kappa shape index (κ2) is 6.02. The molecule has 2 aromatic rings. The van der Waals surface area contributed by atoms with Crippen LogP contribution in [0.15, 0.2) is 42.6 Å². The topological polar surface area (TPSA) is 29.9 Å². The van der Waals surface area contributed by atoms with Gasteiger partial charge in [-0.2, -0.15) is 5.10 Å². The summed E-state index contributed by atoms with van der Waals surface area (Å²) < 4.78 is 2.14. The van der Waals surface area contributed by atoms with Crippen molar-refractivity contribution in [3.8, 4) is 0 Å². The van der Waals surface area contributed by atoms with Gasteiger partial charge in [0, 0.05) is 25.3 Å². The van der Waals surface area contributed by atoms with Crippen LogP contribution in [0.5, 0.6) is 0 Å². The van der Waals surface area contributed by atoms with Gasteiger partial charge in [-0.3, -0.25) is 4.68 Å². The molecule has 1 saturated carbocycles. The fraction of sp³-hybridized carbons (Fsp3) is 0.438. The minimum Gasteiger partial charge on any atom is -0.308 e. The summed E-state index contributed by atoms with van der Waals surface area (Å²) in [6, 6.07) is 13.5. The number of hydrogen-bond acceptors (Lipinski definition) is 2. The lowest BCUT2D eigenvalue weighted by molar-refractivity contribution is 0.534. The van der Waals surface area contributed by atoms with Crippen LogP contribution >= 0.6 is 0 Å². The molecule has 0 radical (unpaired) electrons. The monoisotopic (exact) mass is 255 g/mol. The minimum absolute atomic E-state index is 0.757. The third kappa shape index (κ3) is 3.67. The molecule has 0 atom stereocenters. The first-order chi connectivity index (χ1) is 9.42. The molecule has 1 aliphatic carbocycles. The Morgan fingerprint density at radius 1 is 1.16 bits per heavy atom. The summed E-state index contributed by atoms with van der Waals surface area (Å²) >= 11 is 0. The van der Waals surface area contributed by atoms with Crippen molar-refractivity contribution in [3.63, 3.8) is 0 Å². The highest BCUT2D eigenvalue weighted by Gasteiger charge is 2.20. The second-order valence-corrected chi connectivity index (χ2v) is 5.29. The molecule has 0 aliphatic heterocycles. The number of aryl methyl sites for hydroxylation is 2. The van der Waals surface area contributed by atoms with E-state index in [-0.39, 0.29) is 0 Å². The molecule has 1 aromatic carbocycles. The Morgan fingerprint density at radius 2 is 2.00 bits per heavy atom. The summed E-state index contributed by atoms with van der Waals surface area (Å²) in [5, 5.41) is 7.97. The Labute approximate surface area is 114 Å². The van der Waals surface area contributed by atoms with Gasteiger partial charge in [-0.1, -0.05) is 30.3 Å². The van der Waals surface area contributed by atoms with Crippen molar-refractivity contribution in [1.82, 2.24) is 15.1 Å². The molecule has 0 unspecified atom stereocenters. The number of rotatable bonds is 7. The van der Waals surface area contributed by atoms with Crippen LogP contribution in [0.2, 0.25) is 0 Å². The highest BCUT2D eigenvalue weighted by Crippen LogP contribution is 2.19. The van der Waals surface area contributed by atoms with E-state index >= 15 is 0 Å². The molecular weight excluding hydrogens is 234 g/mol. The minimum atomic E-state index is 0.757. The van der Waals surface area contributed by atoms with E-state index in [1.807, 2.05) is 6.20 Å². The predicted octanol–water partition coefficient (Wildman–Crippen LogP) is 2.77. The third-order valence-electron chi connectivity index (χ3n) is 3.63. The molecule has 1 fully saturated rings. The zero-order chi connectivity index (χ0) is 12.9. The molecule has 1 aliphatic rings. The van der Waals surface area contributed by atoms with Crippen molar-refractivity contribution in [2.45, 2.75) is 44.8 Å². The summed E-state index contributed by atoms with van der Waals surface area (Å²) in [5.74, 6) is 0. The highest BCUT2D eigenvalue weighted by molar-refractivity contribution is 5.14. The average molecular weight is 255 g/mol. The average Bonchev–Trinajstić information content (AvgIpc) is 3.17. The van der Waals surface area contributed by atoms with Crippen LogP contribution in [0.3, 0.4) is 0 Å². The molecule has 1 N–H and O–H groups in total. The maximum Gasteiger partial charge on any atom is 0.0522 e. The van der Waals surface area contributed by atoms with Crippen molar-refractivity contribution in [2.24, 2.45) is 0 Å². The molecule has 1 aromatic heterocycles. The summed E-state index contributed by atoms with van der Waals surface area (Å²) in [7, 11) is 0. The first-order valence-corrected chi connectivity index (χ1v) is 7.20. The van der Waals surface area contributed by atoms with Crippen LogP contribution in [-0.2, 0) is 19.5 Å². The Hall–Kier alpha value is -1.61. The summed E-state index contributed by atoms with van der Waals surface area (Å²) in [4.78, 5) is 0. The quantitative estimate of drug-likeness (QED) is 0.824. The number of aromatic nitrogens is 2. The van der Waals surface area contributed by atoms with Crippen LogP contribution in [0.25, 0.3) is 0 Å². The third-order valence-corrected chi connectivity index (χ3v) is 3.63. The molecule has 100 valence electrons. The van der Waals surface area contributed by atoms with Gasteiger partial charge in [-0.05, 0) is 37.3 Å². The molecule has 0 bridgehead atoms. The standard InChI is InChI=1S/C16H21N3/c1-2-5-14(6-3-1)7-4-12-19-16(10-11-18-19)13-17-15-8-9-15/h1-3,5-6,10-11,15,17H,4,7-9,12-13H2. The van der Waals surface area contributed by atoms with E-state index in [1.54, 1.807) is 0 Å². The Bertz CT molecular complexity index is 500. The summed E-state index contributed by atoms with van der Waals surface area (Å²) in [6.07, 6.45) is 6.84. The molecule has 3 heteroatoms. The zero-order valence-corrected chi connectivity index (χ0v) is 11.3. The van der Waals surface area contributed by atoms with E-state index in [4.69, 9.17) is 0 Å². The Kier molecular flexibility index (Phi) is 3.94. The van der Waals surface area contributed by atoms with Crippen molar-refractivity contribution >= 4 is 0 Å². The molecule has 1 heterocycles. The van der Waals surface area contributed by atoms with Gasteiger partial charge in [0.25, 0.3) is 0 Å². The Morgan fingerprint density at radius 3 is 2.79 bits per heavy atom. The zero-order valence-electron chi connectivity index (χ0n) is 11.3. The molecule has 0 saturated heterocycles. The summed E-state index contributed by atoms with van der Waals surface area (Å²) in [6.45, 7) is 1.96. The van der Waals surface area contributed by atoms with Gasteiger partial charge >= 0.3 is 0 Å². The van der Waals surface area contributed by atoms with Gasteiger partial charge in [-0.15, -0.1) is 0 Å². The van der Waals surface area contributed by atoms with Crippen molar-refractivity contribution < 1.29 is 0 Å². The fourth-order valence-electron chi connectivity index (χ4n) is 2.33. The van der Waals surface area contributed by atoms with Crippen molar-refractivity contribution in [2.75, 3.05) is 0 Å². The van der Waals surface area contributed by atoms with Crippen molar-refractivity contribution in [1.29, 1.82) is 0 Å². The predicted molar refractivity (Wildman–Crippen MR) is 76.9 cm³/mol. The first-order valence-electron chi connectivity index (χ1n) is 7.20. The molecule has 3 rings (SSSR count). The Balaban J connectivity index is 1.47. The number of nitrogens with zero attached hydrogens (tertiary/aromatic N) is 2. The number of nitrogens with one attached hydrogen (secondary N) is 1. The van der Waals surface area contributed by atoms with E-state index in [0.717, 1.165) is 32.0 Å². The lowest BCUT2D eigenvalue weighted by atomic mass is 10.1. The first kappa shape index (κ1) is 12.4. The molecule has 3 nitrogen and oxygen atoms in total.